The Bertz CT molecular complexity index is 245. The van der Waals surface area contributed by atoms with Crippen LogP contribution in [0.15, 0.2) is 0 Å². The molecule has 0 saturated heterocycles. The summed E-state index contributed by atoms with van der Waals surface area (Å²) in [6.45, 7) is 2.22. The van der Waals surface area contributed by atoms with Crippen LogP contribution in [-0.2, 0) is 0 Å². The van der Waals surface area contributed by atoms with E-state index in [1.165, 1.54) is 57.3 Å². The van der Waals surface area contributed by atoms with Gasteiger partial charge >= 0.3 is 6.18 Å². The maximum absolute atomic E-state index is 11.7. The number of alkyl halides is 3. The van der Waals surface area contributed by atoms with Crippen molar-refractivity contribution in [1.82, 2.24) is 0 Å². The first-order valence-corrected chi connectivity index (χ1v) is 7.63. The van der Waals surface area contributed by atoms with Gasteiger partial charge in [0.05, 0.1) is 0 Å². The highest BCUT2D eigenvalue weighted by molar-refractivity contribution is 5.04. The average molecular weight is 276 g/mol. The molecule has 112 valence electrons. The molecule has 0 aromatic carbocycles. The molecule has 0 aromatic rings. The highest BCUT2D eigenvalue weighted by atomic mass is 19.4. The van der Waals surface area contributed by atoms with Crippen molar-refractivity contribution in [3.8, 4) is 11.8 Å². The molecule has 0 aliphatic heterocycles. The van der Waals surface area contributed by atoms with E-state index in [-0.39, 0.29) is 0 Å². The fourth-order valence-corrected chi connectivity index (χ4v) is 2.04. The topological polar surface area (TPSA) is 0 Å². The summed E-state index contributed by atoms with van der Waals surface area (Å²) in [6.07, 6.45) is 9.42. The van der Waals surface area contributed by atoms with E-state index in [0.717, 1.165) is 19.3 Å². The number of hydrogen-bond acceptors (Lipinski definition) is 0. The van der Waals surface area contributed by atoms with Crippen LogP contribution in [0.4, 0.5) is 13.2 Å². The van der Waals surface area contributed by atoms with Crippen molar-refractivity contribution in [3.63, 3.8) is 0 Å². The third-order valence-electron chi connectivity index (χ3n) is 3.14. The molecular formula is C16H27F3. The molecule has 0 radical (unpaired) electrons. The van der Waals surface area contributed by atoms with Gasteiger partial charge in [-0.25, -0.2) is 0 Å². The molecule has 0 aliphatic rings. The van der Waals surface area contributed by atoms with E-state index in [1.807, 2.05) is 0 Å². The third-order valence-corrected chi connectivity index (χ3v) is 3.14. The second-order valence-corrected chi connectivity index (χ2v) is 5.09. The minimum absolute atomic E-state index is 0.372. The molecule has 0 aromatic heterocycles. The highest BCUT2D eigenvalue weighted by Crippen LogP contribution is 2.13. The van der Waals surface area contributed by atoms with Crippen LogP contribution in [0, 0.1) is 11.8 Å². The summed E-state index contributed by atoms with van der Waals surface area (Å²) in [5.41, 5.74) is 0. The molecular weight excluding hydrogens is 249 g/mol. The Hall–Kier alpha value is -0.650. The van der Waals surface area contributed by atoms with Crippen LogP contribution in [0.5, 0.6) is 0 Å². The van der Waals surface area contributed by atoms with Gasteiger partial charge in [0, 0.05) is 12.3 Å². The molecule has 0 bridgehead atoms. The molecule has 0 fully saturated rings. The molecule has 0 heterocycles. The fourth-order valence-electron chi connectivity index (χ4n) is 2.04. The molecule has 0 spiro atoms. The van der Waals surface area contributed by atoms with Crippen LogP contribution >= 0.6 is 0 Å². The summed E-state index contributed by atoms with van der Waals surface area (Å²) in [4.78, 5) is 0. The van der Waals surface area contributed by atoms with Gasteiger partial charge in [0.2, 0.25) is 0 Å². The largest absolute Gasteiger partial charge is 0.457 e. The van der Waals surface area contributed by atoms with Crippen molar-refractivity contribution in [2.75, 3.05) is 0 Å². The van der Waals surface area contributed by atoms with Crippen LogP contribution in [0.2, 0.25) is 0 Å². The predicted octanol–water partition coefficient (Wildman–Crippen LogP) is 6.25. The van der Waals surface area contributed by atoms with Crippen molar-refractivity contribution in [2.45, 2.75) is 90.1 Å². The van der Waals surface area contributed by atoms with Gasteiger partial charge in [-0.05, 0) is 6.42 Å². The number of rotatable bonds is 11. The van der Waals surface area contributed by atoms with Crippen LogP contribution < -0.4 is 0 Å². The average Bonchev–Trinajstić information content (AvgIpc) is 2.34. The zero-order chi connectivity index (χ0) is 14.4. The van der Waals surface area contributed by atoms with E-state index in [0.29, 0.717) is 6.42 Å². The number of hydrogen-bond donors (Lipinski definition) is 0. The van der Waals surface area contributed by atoms with Gasteiger partial charge in [-0.3, -0.25) is 0 Å². The van der Waals surface area contributed by atoms with Gasteiger partial charge in [-0.1, -0.05) is 77.1 Å². The van der Waals surface area contributed by atoms with Gasteiger partial charge in [0.25, 0.3) is 0 Å². The molecule has 0 unspecified atom stereocenters. The molecule has 0 saturated carbocycles. The van der Waals surface area contributed by atoms with E-state index < -0.39 is 6.18 Å². The summed E-state index contributed by atoms with van der Waals surface area (Å²) in [5, 5.41) is 0. The molecule has 0 nitrogen and oxygen atoms in total. The smallest absolute Gasteiger partial charge is 0.159 e. The minimum atomic E-state index is -4.32. The fraction of sp³-hybridized carbons (Fsp3) is 0.875. The van der Waals surface area contributed by atoms with Crippen molar-refractivity contribution in [1.29, 1.82) is 0 Å². The van der Waals surface area contributed by atoms with Crippen molar-refractivity contribution in [2.24, 2.45) is 0 Å². The van der Waals surface area contributed by atoms with E-state index in [4.69, 9.17) is 0 Å². The Labute approximate surface area is 116 Å². The van der Waals surface area contributed by atoms with Gasteiger partial charge in [-0.15, -0.1) is 0 Å². The number of unbranched alkanes of at least 4 members (excludes halogenated alkanes) is 11. The highest BCUT2D eigenvalue weighted by Gasteiger charge is 2.22. The lowest BCUT2D eigenvalue weighted by atomic mass is 10.1. The van der Waals surface area contributed by atoms with Crippen LogP contribution in [0.1, 0.15) is 84.0 Å². The molecule has 0 amide bonds. The first-order chi connectivity index (χ1) is 9.06. The Morgan fingerprint density at radius 3 is 1.53 bits per heavy atom. The third kappa shape index (κ3) is 17.4. The Kier molecular flexibility index (Phi) is 12.0. The lowest BCUT2D eigenvalue weighted by Crippen LogP contribution is -2.01. The summed E-state index contributed by atoms with van der Waals surface area (Å²) in [7, 11) is 0. The van der Waals surface area contributed by atoms with Crippen molar-refractivity contribution >= 4 is 0 Å². The summed E-state index contributed by atoms with van der Waals surface area (Å²) >= 11 is 0. The lowest BCUT2D eigenvalue weighted by Gasteiger charge is -2.01. The second-order valence-electron chi connectivity index (χ2n) is 5.09. The quantitative estimate of drug-likeness (QED) is 0.309. The molecule has 19 heavy (non-hydrogen) atoms. The summed E-state index contributed by atoms with van der Waals surface area (Å²) in [6, 6.07) is 0. The van der Waals surface area contributed by atoms with Crippen LogP contribution in [0.3, 0.4) is 0 Å². The first kappa shape index (κ1) is 18.4. The predicted molar refractivity (Wildman–Crippen MR) is 74.9 cm³/mol. The maximum atomic E-state index is 11.7. The lowest BCUT2D eigenvalue weighted by molar-refractivity contribution is -0.0697. The number of halogens is 3. The first-order valence-electron chi connectivity index (χ1n) is 7.63. The Morgan fingerprint density at radius 1 is 0.684 bits per heavy atom. The van der Waals surface area contributed by atoms with E-state index in [1.54, 1.807) is 0 Å². The van der Waals surface area contributed by atoms with Crippen molar-refractivity contribution in [3.05, 3.63) is 0 Å². The zero-order valence-corrected chi connectivity index (χ0v) is 12.1. The second kappa shape index (κ2) is 12.4. The van der Waals surface area contributed by atoms with Crippen molar-refractivity contribution < 1.29 is 13.2 Å². The summed E-state index contributed by atoms with van der Waals surface area (Å²) < 4.78 is 35.1. The maximum Gasteiger partial charge on any atom is 0.457 e. The Balaban J connectivity index is 3.12. The monoisotopic (exact) mass is 276 g/mol. The normalized spacial score (nSPS) is 11.2. The molecule has 0 rings (SSSR count). The van der Waals surface area contributed by atoms with Gasteiger partial charge < -0.3 is 0 Å². The van der Waals surface area contributed by atoms with Gasteiger partial charge in [0.15, 0.2) is 0 Å². The molecule has 0 aliphatic carbocycles. The summed E-state index contributed by atoms with van der Waals surface area (Å²) in [5.74, 6) is 3.49. The molecule has 0 atom stereocenters. The molecule has 0 N–H and O–H groups in total. The minimum Gasteiger partial charge on any atom is -0.159 e. The SMILES string of the molecule is CCCCCCCCCCCCCC#CC(F)(F)F. The van der Waals surface area contributed by atoms with Gasteiger partial charge in [-0.2, -0.15) is 13.2 Å². The van der Waals surface area contributed by atoms with Crippen LogP contribution in [-0.4, -0.2) is 6.18 Å². The zero-order valence-electron chi connectivity index (χ0n) is 12.1. The van der Waals surface area contributed by atoms with E-state index in [2.05, 4.69) is 12.8 Å². The van der Waals surface area contributed by atoms with Crippen LogP contribution in [0.25, 0.3) is 0 Å². The van der Waals surface area contributed by atoms with E-state index >= 15 is 0 Å². The standard InChI is InChI=1S/C16H27F3/c1-2-3-4-5-6-7-8-9-10-11-12-13-14-15-16(17,18)19/h2-13H2,1H3. The Morgan fingerprint density at radius 2 is 1.11 bits per heavy atom. The van der Waals surface area contributed by atoms with E-state index in [9.17, 15) is 13.2 Å². The molecule has 3 heteroatoms. The van der Waals surface area contributed by atoms with Gasteiger partial charge in [0.1, 0.15) is 0 Å².